The number of carbonyl (C=O) groups is 3. The van der Waals surface area contributed by atoms with E-state index in [1.807, 2.05) is 24.3 Å². The zero-order chi connectivity index (χ0) is 18.2. The summed E-state index contributed by atoms with van der Waals surface area (Å²) in [5.41, 5.74) is 6.81. The summed E-state index contributed by atoms with van der Waals surface area (Å²) in [5.74, 6) is -0.363. The van der Waals surface area contributed by atoms with Crippen LogP contribution in [0.2, 0.25) is 0 Å². The van der Waals surface area contributed by atoms with E-state index in [1.54, 1.807) is 0 Å². The summed E-state index contributed by atoms with van der Waals surface area (Å²) in [6.07, 6.45) is 4.38. The van der Waals surface area contributed by atoms with Crippen molar-refractivity contribution in [2.24, 2.45) is 5.73 Å². The molecule has 1 aliphatic carbocycles. The number of amides is 4. The molecule has 2 rings (SSSR count). The zero-order valence-electron chi connectivity index (χ0n) is 14.5. The fraction of sp³-hybridized carbons (Fsp3) is 0.500. The van der Waals surface area contributed by atoms with Crippen LogP contribution in [-0.2, 0) is 11.2 Å². The number of nitrogens with one attached hydrogen (secondary N) is 3. The first kappa shape index (κ1) is 18.8. The van der Waals surface area contributed by atoms with Gasteiger partial charge in [-0.25, -0.2) is 4.79 Å². The number of urea groups is 1. The van der Waals surface area contributed by atoms with Gasteiger partial charge in [0.1, 0.15) is 0 Å². The van der Waals surface area contributed by atoms with Crippen molar-refractivity contribution in [3.8, 4) is 0 Å². The molecule has 1 aromatic rings. The monoisotopic (exact) mass is 346 g/mol. The van der Waals surface area contributed by atoms with E-state index in [0.29, 0.717) is 12.0 Å². The molecule has 0 aromatic heterocycles. The molecule has 1 saturated carbocycles. The van der Waals surface area contributed by atoms with Gasteiger partial charge in [-0.15, -0.1) is 0 Å². The largest absolute Gasteiger partial charge is 0.352 e. The zero-order valence-corrected chi connectivity index (χ0v) is 14.5. The Hall–Kier alpha value is -2.57. The minimum absolute atomic E-state index is 0.000549. The molecule has 4 amide bonds. The normalized spacial score (nSPS) is 19.2. The Bertz CT molecular complexity index is 615. The van der Waals surface area contributed by atoms with Crippen LogP contribution in [0.5, 0.6) is 0 Å². The Kier molecular flexibility index (Phi) is 6.80. The number of primary amides is 1. The first-order valence-corrected chi connectivity index (χ1v) is 8.70. The fourth-order valence-electron chi connectivity index (χ4n) is 3.07. The summed E-state index contributed by atoms with van der Waals surface area (Å²) >= 11 is 0. The molecule has 0 saturated heterocycles. The van der Waals surface area contributed by atoms with Crippen LogP contribution in [0.15, 0.2) is 24.3 Å². The summed E-state index contributed by atoms with van der Waals surface area (Å²) in [6, 6.07) is 6.99. The highest BCUT2D eigenvalue weighted by atomic mass is 16.2. The molecule has 0 spiro atoms. The lowest BCUT2D eigenvalue weighted by Crippen LogP contribution is -2.43. The molecule has 1 fully saturated rings. The third-order valence-electron chi connectivity index (χ3n) is 4.31. The number of nitrogens with two attached hydrogens (primary N) is 1. The number of rotatable bonds is 7. The van der Waals surface area contributed by atoms with Crippen molar-refractivity contribution in [1.82, 2.24) is 16.0 Å². The lowest BCUT2D eigenvalue weighted by atomic mass is 10.1. The maximum atomic E-state index is 12.3. The van der Waals surface area contributed by atoms with Gasteiger partial charge >= 0.3 is 6.03 Å². The molecule has 0 heterocycles. The predicted molar refractivity (Wildman–Crippen MR) is 95.1 cm³/mol. The van der Waals surface area contributed by atoms with Crippen LogP contribution in [0.4, 0.5) is 4.79 Å². The van der Waals surface area contributed by atoms with Gasteiger partial charge in [0.15, 0.2) is 0 Å². The Morgan fingerprint density at radius 3 is 2.32 bits per heavy atom. The minimum Gasteiger partial charge on any atom is -0.352 e. The quantitative estimate of drug-likeness (QED) is 0.592. The van der Waals surface area contributed by atoms with Gasteiger partial charge in [0.25, 0.3) is 5.91 Å². The molecule has 25 heavy (non-hydrogen) atoms. The number of hydrogen-bond acceptors (Lipinski definition) is 3. The SMILES string of the molecule is CCCc1ccc(C(=O)N[C@@H]2CC[C@H](NC(=O)CNC(N)=O)C2)cc1. The van der Waals surface area contributed by atoms with Crippen LogP contribution in [0.1, 0.15) is 48.5 Å². The fourth-order valence-corrected chi connectivity index (χ4v) is 3.07. The van der Waals surface area contributed by atoms with Crippen LogP contribution in [-0.4, -0.2) is 36.5 Å². The molecule has 2 atom stereocenters. The van der Waals surface area contributed by atoms with Crippen molar-refractivity contribution in [2.45, 2.75) is 51.1 Å². The Morgan fingerprint density at radius 2 is 1.72 bits per heavy atom. The molecule has 0 bridgehead atoms. The lowest BCUT2D eigenvalue weighted by Gasteiger charge is -2.15. The van der Waals surface area contributed by atoms with Gasteiger partial charge in [0.05, 0.1) is 6.54 Å². The van der Waals surface area contributed by atoms with Crippen molar-refractivity contribution in [2.75, 3.05) is 6.54 Å². The third-order valence-corrected chi connectivity index (χ3v) is 4.31. The summed E-state index contributed by atoms with van der Waals surface area (Å²) in [5, 5.41) is 8.11. The van der Waals surface area contributed by atoms with Crippen LogP contribution >= 0.6 is 0 Å². The third kappa shape index (κ3) is 6.10. The topological polar surface area (TPSA) is 113 Å². The van der Waals surface area contributed by atoms with Gasteiger partial charge in [0, 0.05) is 17.6 Å². The van der Waals surface area contributed by atoms with Crippen LogP contribution < -0.4 is 21.7 Å². The van der Waals surface area contributed by atoms with E-state index in [0.717, 1.165) is 25.7 Å². The highest BCUT2D eigenvalue weighted by molar-refractivity contribution is 5.94. The molecular formula is C18H26N4O3. The average molecular weight is 346 g/mol. The predicted octanol–water partition coefficient (Wildman–Crippen LogP) is 1.07. The van der Waals surface area contributed by atoms with Crippen LogP contribution in [0.3, 0.4) is 0 Å². The highest BCUT2D eigenvalue weighted by Gasteiger charge is 2.27. The molecule has 0 unspecified atom stereocenters. The Morgan fingerprint density at radius 1 is 1.08 bits per heavy atom. The van der Waals surface area contributed by atoms with Gasteiger partial charge in [-0.3, -0.25) is 9.59 Å². The summed E-state index contributed by atoms with van der Waals surface area (Å²) in [7, 11) is 0. The van der Waals surface area contributed by atoms with Crippen molar-refractivity contribution in [3.63, 3.8) is 0 Å². The Labute approximate surface area is 147 Å². The molecule has 0 aliphatic heterocycles. The highest BCUT2D eigenvalue weighted by Crippen LogP contribution is 2.19. The maximum absolute atomic E-state index is 12.3. The van der Waals surface area contributed by atoms with Gasteiger partial charge in [0.2, 0.25) is 5.91 Å². The lowest BCUT2D eigenvalue weighted by molar-refractivity contribution is -0.120. The molecule has 5 N–H and O–H groups in total. The number of hydrogen-bond donors (Lipinski definition) is 4. The van der Waals surface area contributed by atoms with Gasteiger partial charge < -0.3 is 21.7 Å². The van der Waals surface area contributed by atoms with Crippen LogP contribution in [0.25, 0.3) is 0 Å². The molecule has 7 nitrogen and oxygen atoms in total. The van der Waals surface area contributed by atoms with E-state index in [4.69, 9.17) is 5.73 Å². The van der Waals surface area contributed by atoms with E-state index in [-0.39, 0.29) is 30.4 Å². The van der Waals surface area contributed by atoms with E-state index in [9.17, 15) is 14.4 Å². The van der Waals surface area contributed by atoms with E-state index >= 15 is 0 Å². The second-order valence-electron chi connectivity index (χ2n) is 6.41. The molecule has 1 aliphatic rings. The summed E-state index contributed by atoms with van der Waals surface area (Å²) < 4.78 is 0. The minimum atomic E-state index is -0.725. The first-order valence-electron chi connectivity index (χ1n) is 8.70. The Balaban J connectivity index is 1.77. The van der Waals surface area contributed by atoms with Gasteiger partial charge in [-0.1, -0.05) is 25.5 Å². The standard InChI is InChI=1S/C18H26N4O3/c1-2-3-12-4-6-13(7-5-12)17(24)22-15-9-8-14(10-15)21-16(23)11-20-18(19)25/h4-7,14-15H,2-3,8-11H2,1H3,(H,21,23)(H,22,24)(H3,19,20,25)/t14-,15+/m0/s1. The van der Waals surface area contributed by atoms with Crippen molar-refractivity contribution >= 4 is 17.8 Å². The van der Waals surface area contributed by atoms with Crippen LogP contribution in [0, 0.1) is 0 Å². The van der Waals surface area contributed by atoms with Gasteiger partial charge in [-0.05, 0) is 43.4 Å². The van der Waals surface area contributed by atoms with Crippen molar-refractivity contribution in [1.29, 1.82) is 0 Å². The maximum Gasteiger partial charge on any atom is 0.312 e. The second kappa shape index (κ2) is 9.05. The summed E-state index contributed by atoms with van der Waals surface area (Å²) in [6.45, 7) is 1.99. The summed E-state index contributed by atoms with van der Waals surface area (Å²) in [4.78, 5) is 34.6. The number of benzene rings is 1. The molecule has 0 radical (unpaired) electrons. The van der Waals surface area contributed by atoms with Gasteiger partial charge in [-0.2, -0.15) is 0 Å². The molecule has 7 heteroatoms. The van der Waals surface area contributed by atoms with Crippen molar-refractivity contribution < 1.29 is 14.4 Å². The first-order chi connectivity index (χ1) is 12.0. The number of aryl methyl sites for hydroxylation is 1. The van der Waals surface area contributed by atoms with E-state index in [2.05, 4.69) is 22.9 Å². The smallest absolute Gasteiger partial charge is 0.312 e. The average Bonchev–Trinajstić information content (AvgIpc) is 3.00. The molecule has 136 valence electrons. The molecular weight excluding hydrogens is 320 g/mol. The number of carbonyl (C=O) groups excluding carboxylic acids is 3. The van der Waals surface area contributed by atoms with E-state index in [1.165, 1.54) is 5.56 Å². The second-order valence-corrected chi connectivity index (χ2v) is 6.41. The van der Waals surface area contributed by atoms with Crippen molar-refractivity contribution in [3.05, 3.63) is 35.4 Å². The molecule has 1 aromatic carbocycles. The van der Waals surface area contributed by atoms with E-state index < -0.39 is 6.03 Å².